The Hall–Kier alpha value is -1.50. The lowest BCUT2D eigenvalue weighted by Crippen LogP contribution is -3.06. The van der Waals surface area contributed by atoms with Crippen LogP contribution in [0, 0.1) is 6.92 Å². The van der Waals surface area contributed by atoms with E-state index in [4.69, 9.17) is 4.98 Å². The first-order valence-electron chi connectivity index (χ1n) is 8.49. The molecule has 3 aromatic rings. The molecule has 1 aliphatic rings. The van der Waals surface area contributed by atoms with Crippen molar-refractivity contribution in [2.24, 2.45) is 0 Å². The normalized spacial score (nSPS) is 15.2. The molecule has 0 unspecified atom stereocenters. The molecule has 126 valence electrons. The summed E-state index contributed by atoms with van der Waals surface area (Å²) in [5, 5.41) is 7.09. The fourth-order valence-corrected chi connectivity index (χ4v) is 5.77. The van der Waals surface area contributed by atoms with Crippen LogP contribution in [0.2, 0.25) is 0 Å². The number of nitrogens with one attached hydrogen (secondary N) is 2. The molecular weight excluding hydrogens is 336 g/mol. The maximum absolute atomic E-state index is 4.74. The Morgan fingerprint density at radius 3 is 2.92 bits per heavy atom. The molecule has 24 heavy (non-hydrogen) atoms. The molecule has 0 aromatic carbocycles. The SMILES string of the molecule is Cc1nc(NC[C@H](c2cccs2)[NH+](C)C)c2c3c(sc2n1)CCC3. The standard InChI is InChI=1S/C18H22N4S2/c1-11-20-17(16-12-6-4-7-14(12)24-18(16)21-11)19-10-13(22(2)3)15-8-5-9-23-15/h5,8-9,13H,4,6-7,10H2,1-3H3,(H,19,20,21)/p+1/t13-/m1/s1. The van der Waals surface area contributed by atoms with Gasteiger partial charge in [0.15, 0.2) is 0 Å². The first-order chi connectivity index (χ1) is 11.6. The first-order valence-corrected chi connectivity index (χ1v) is 10.2. The van der Waals surface area contributed by atoms with E-state index in [2.05, 4.69) is 41.9 Å². The summed E-state index contributed by atoms with van der Waals surface area (Å²) >= 11 is 3.69. The quantitative estimate of drug-likeness (QED) is 0.736. The third kappa shape index (κ3) is 2.83. The van der Waals surface area contributed by atoms with E-state index in [-0.39, 0.29) is 0 Å². The van der Waals surface area contributed by atoms with E-state index >= 15 is 0 Å². The van der Waals surface area contributed by atoms with Gasteiger partial charge in [-0.05, 0) is 43.2 Å². The molecule has 4 nitrogen and oxygen atoms in total. The zero-order chi connectivity index (χ0) is 16.7. The molecule has 0 fully saturated rings. The van der Waals surface area contributed by atoms with Crippen LogP contribution >= 0.6 is 22.7 Å². The number of fused-ring (bicyclic) bond motifs is 3. The molecule has 0 saturated heterocycles. The third-order valence-electron chi connectivity index (χ3n) is 4.73. The number of anilines is 1. The highest BCUT2D eigenvalue weighted by Gasteiger charge is 2.24. The molecule has 6 heteroatoms. The predicted octanol–water partition coefficient (Wildman–Crippen LogP) is 2.85. The third-order valence-corrected chi connectivity index (χ3v) is 6.91. The lowest BCUT2D eigenvalue weighted by molar-refractivity contribution is -0.889. The maximum Gasteiger partial charge on any atom is 0.139 e. The zero-order valence-electron chi connectivity index (χ0n) is 14.3. The summed E-state index contributed by atoms with van der Waals surface area (Å²) in [6.45, 7) is 2.88. The minimum atomic E-state index is 0.432. The Morgan fingerprint density at radius 2 is 2.17 bits per heavy atom. The van der Waals surface area contributed by atoms with Gasteiger partial charge in [-0.15, -0.1) is 22.7 Å². The van der Waals surface area contributed by atoms with Crippen LogP contribution in [0.5, 0.6) is 0 Å². The van der Waals surface area contributed by atoms with Gasteiger partial charge in [0.25, 0.3) is 0 Å². The Balaban J connectivity index is 1.67. The van der Waals surface area contributed by atoms with E-state index < -0.39 is 0 Å². The molecular formula is C18H23N4S2+. The number of thiophene rings is 2. The second-order valence-electron chi connectivity index (χ2n) is 6.68. The number of likely N-dealkylation sites (N-methyl/N-ethyl adjacent to an activating group) is 1. The molecule has 2 N–H and O–H groups in total. The lowest BCUT2D eigenvalue weighted by atomic mass is 10.1. The van der Waals surface area contributed by atoms with Crippen molar-refractivity contribution in [3.8, 4) is 0 Å². The van der Waals surface area contributed by atoms with Gasteiger partial charge in [0.2, 0.25) is 0 Å². The summed E-state index contributed by atoms with van der Waals surface area (Å²) in [6, 6.07) is 4.80. The molecule has 1 aliphatic carbocycles. The minimum absolute atomic E-state index is 0.432. The fraction of sp³-hybridized carbons (Fsp3) is 0.444. The number of hydrogen-bond donors (Lipinski definition) is 2. The number of aromatic nitrogens is 2. The van der Waals surface area contributed by atoms with Crippen molar-refractivity contribution in [2.45, 2.75) is 32.2 Å². The summed E-state index contributed by atoms with van der Waals surface area (Å²) < 4.78 is 0. The average molecular weight is 360 g/mol. The van der Waals surface area contributed by atoms with Crippen LogP contribution in [-0.4, -0.2) is 30.6 Å². The number of rotatable bonds is 5. The van der Waals surface area contributed by atoms with E-state index in [0.717, 1.165) is 23.0 Å². The van der Waals surface area contributed by atoms with E-state index in [9.17, 15) is 0 Å². The monoisotopic (exact) mass is 359 g/mol. The van der Waals surface area contributed by atoms with Crippen LogP contribution in [0.1, 0.15) is 33.6 Å². The van der Waals surface area contributed by atoms with Gasteiger partial charge in [0.05, 0.1) is 30.9 Å². The van der Waals surface area contributed by atoms with Gasteiger partial charge >= 0.3 is 0 Å². The van der Waals surface area contributed by atoms with Crippen molar-refractivity contribution in [2.75, 3.05) is 26.0 Å². The second-order valence-corrected chi connectivity index (χ2v) is 8.75. The van der Waals surface area contributed by atoms with Gasteiger partial charge in [-0.25, -0.2) is 9.97 Å². The summed E-state index contributed by atoms with van der Waals surface area (Å²) in [4.78, 5) is 14.9. The molecule has 0 radical (unpaired) electrons. The van der Waals surface area contributed by atoms with Crippen molar-refractivity contribution in [3.63, 3.8) is 0 Å². The molecule has 0 spiro atoms. The number of aryl methyl sites for hydroxylation is 3. The predicted molar refractivity (Wildman–Crippen MR) is 103 cm³/mol. The largest absolute Gasteiger partial charge is 0.363 e. The van der Waals surface area contributed by atoms with Gasteiger partial charge in [-0.3, -0.25) is 0 Å². The molecule has 3 aromatic heterocycles. The van der Waals surface area contributed by atoms with Crippen molar-refractivity contribution < 1.29 is 4.90 Å². The Kier molecular flexibility index (Phi) is 4.28. The van der Waals surface area contributed by atoms with Crippen LogP contribution in [0.4, 0.5) is 5.82 Å². The van der Waals surface area contributed by atoms with E-state index in [1.807, 2.05) is 29.6 Å². The first kappa shape index (κ1) is 16.0. The molecule has 3 heterocycles. The lowest BCUT2D eigenvalue weighted by Gasteiger charge is -2.21. The molecule has 1 atom stereocenters. The molecule has 0 aliphatic heterocycles. The van der Waals surface area contributed by atoms with Crippen LogP contribution in [0.15, 0.2) is 17.5 Å². The smallest absolute Gasteiger partial charge is 0.139 e. The Labute approximate surface area is 150 Å². The topological polar surface area (TPSA) is 42.2 Å². The van der Waals surface area contributed by atoms with Gasteiger partial charge in [-0.1, -0.05) is 6.07 Å². The molecule has 4 rings (SSSR count). The summed E-state index contributed by atoms with van der Waals surface area (Å²) in [7, 11) is 4.43. The molecule has 0 amide bonds. The van der Waals surface area contributed by atoms with Gasteiger partial charge < -0.3 is 10.2 Å². The Bertz CT molecular complexity index is 852. The fourth-order valence-electron chi connectivity index (χ4n) is 3.51. The summed E-state index contributed by atoms with van der Waals surface area (Å²) in [6.07, 6.45) is 3.64. The van der Waals surface area contributed by atoms with Crippen LogP contribution in [-0.2, 0) is 12.8 Å². The highest BCUT2D eigenvalue weighted by molar-refractivity contribution is 7.19. The van der Waals surface area contributed by atoms with Crippen molar-refractivity contribution in [1.82, 2.24) is 9.97 Å². The van der Waals surface area contributed by atoms with Gasteiger partial charge in [-0.2, -0.15) is 0 Å². The second kappa shape index (κ2) is 6.43. The molecule has 0 bridgehead atoms. The Morgan fingerprint density at radius 1 is 1.29 bits per heavy atom. The summed E-state index contributed by atoms with van der Waals surface area (Å²) in [5.41, 5.74) is 1.49. The zero-order valence-corrected chi connectivity index (χ0v) is 16.0. The van der Waals surface area contributed by atoms with E-state index in [0.29, 0.717) is 6.04 Å². The van der Waals surface area contributed by atoms with Crippen LogP contribution in [0.25, 0.3) is 10.2 Å². The van der Waals surface area contributed by atoms with Crippen molar-refractivity contribution in [1.29, 1.82) is 0 Å². The van der Waals surface area contributed by atoms with E-state index in [1.165, 1.54) is 44.9 Å². The summed E-state index contributed by atoms with van der Waals surface area (Å²) in [5.74, 6) is 1.88. The van der Waals surface area contributed by atoms with E-state index in [1.54, 1.807) is 0 Å². The highest BCUT2D eigenvalue weighted by atomic mass is 32.1. The number of nitrogens with zero attached hydrogens (tertiary/aromatic N) is 2. The minimum Gasteiger partial charge on any atom is -0.363 e. The highest BCUT2D eigenvalue weighted by Crippen LogP contribution is 2.39. The number of quaternary nitrogens is 1. The van der Waals surface area contributed by atoms with Crippen molar-refractivity contribution in [3.05, 3.63) is 38.7 Å². The molecule has 0 saturated carbocycles. The van der Waals surface area contributed by atoms with Crippen LogP contribution in [0.3, 0.4) is 0 Å². The van der Waals surface area contributed by atoms with Crippen molar-refractivity contribution >= 4 is 38.7 Å². The maximum atomic E-state index is 4.74. The van der Waals surface area contributed by atoms with Gasteiger partial charge in [0.1, 0.15) is 22.5 Å². The number of hydrogen-bond acceptors (Lipinski definition) is 5. The van der Waals surface area contributed by atoms with Crippen LogP contribution < -0.4 is 10.2 Å². The van der Waals surface area contributed by atoms with Gasteiger partial charge in [0, 0.05) is 4.88 Å². The average Bonchev–Trinajstić information content (AvgIpc) is 3.22.